The number of hydrogen-bond donors (Lipinski definition) is 2. The zero-order chi connectivity index (χ0) is 17.5. The normalized spacial score (nSPS) is 10.6. The van der Waals surface area contributed by atoms with Crippen molar-refractivity contribution in [2.45, 2.75) is 33.3 Å². The second-order valence-electron chi connectivity index (χ2n) is 5.18. The van der Waals surface area contributed by atoms with Gasteiger partial charge >= 0.3 is 0 Å². The highest BCUT2D eigenvalue weighted by Crippen LogP contribution is 1.87. The minimum Gasteiger partial charge on any atom is -0.376 e. The Labute approximate surface area is 137 Å². The van der Waals surface area contributed by atoms with Gasteiger partial charge in [0, 0.05) is 19.5 Å². The first-order valence-corrected chi connectivity index (χ1v) is 7.71. The maximum absolute atomic E-state index is 11.5. The van der Waals surface area contributed by atoms with Crippen LogP contribution in [-0.4, -0.2) is 69.8 Å². The molecule has 0 unspecified atom stereocenters. The van der Waals surface area contributed by atoms with Crippen LogP contribution in [0.1, 0.15) is 27.2 Å². The number of ether oxygens (including phenoxy) is 3. The minimum absolute atomic E-state index is 0.0497. The molecule has 0 saturated carbocycles. The number of amides is 2. The summed E-state index contributed by atoms with van der Waals surface area (Å²) in [5.74, 6) is -0.521. The van der Waals surface area contributed by atoms with E-state index in [9.17, 15) is 14.4 Å². The lowest BCUT2D eigenvalue weighted by Crippen LogP contribution is -2.34. The Morgan fingerprint density at radius 2 is 1.52 bits per heavy atom. The van der Waals surface area contributed by atoms with Gasteiger partial charge in [0.25, 0.3) is 0 Å². The number of rotatable bonds is 14. The molecule has 0 aliphatic carbocycles. The first-order valence-electron chi connectivity index (χ1n) is 7.71. The van der Waals surface area contributed by atoms with Crippen molar-refractivity contribution in [3.05, 3.63) is 0 Å². The lowest BCUT2D eigenvalue weighted by molar-refractivity contribution is -0.126. The molecule has 2 N–H and O–H groups in total. The molecule has 0 bridgehead atoms. The summed E-state index contributed by atoms with van der Waals surface area (Å²) in [5.41, 5.74) is 0. The number of hydrogen-bond acceptors (Lipinski definition) is 6. The fourth-order valence-corrected chi connectivity index (χ4v) is 1.44. The quantitative estimate of drug-likeness (QED) is 0.422. The van der Waals surface area contributed by atoms with Gasteiger partial charge in [-0.1, -0.05) is 0 Å². The molecule has 0 spiro atoms. The van der Waals surface area contributed by atoms with Gasteiger partial charge in [-0.05, 0) is 20.8 Å². The van der Waals surface area contributed by atoms with E-state index < -0.39 is 0 Å². The predicted octanol–water partition coefficient (Wildman–Crippen LogP) is -0.344. The lowest BCUT2D eigenvalue weighted by atomic mass is 10.4. The molecule has 23 heavy (non-hydrogen) atoms. The summed E-state index contributed by atoms with van der Waals surface area (Å²) in [6.07, 6.45) is 0.313. The first-order chi connectivity index (χ1) is 10.9. The van der Waals surface area contributed by atoms with Crippen LogP contribution < -0.4 is 10.6 Å². The van der Waals surface area contributed by atoms with Crippen LogP contribution in [0, 0.1) is 0 Å². The van der Waals surface area contributed by atoms with E-state index in [1.165, 1.54) is 6.92 Å². The molecule has 8 nitrogen and oxygen atoms in total. The van der Waals surface area contributed by atoms with Crippen LogP contribution in [0.15, 0.2) is 0 Å². The molecule has 2 amide bonds. The van der Waals surface area contributed by atoms with E-state index in [4.69, 9.17) is 14.2 Å². The van der Waals surface area contributed by atoms with Crippen molar-refractivity contribution in [1.82, 2.24) is 10.6 Å². The Bertz CT molecular complexity index is 360. The van der Waals surface area contributed by atoms with Crippen LogP contribution in [0.2, 0.25) is 0 Å². The SMILES string of the molecule is CC(=O)COCCNC(=O)CCNC(=O)COCCOC(C)C. The lowest BCUT2D eigenvalue weighted by Gasteiger charge is -2.09. The number of nitrogens with one attached hydrogen (secondary N) is 2. The van der Waals surface area contributed by atoms with Gasteiger partial charge in [0.1, 0.15) is 13.2 Å². The fraction of sp³-hybridized carbons (Fsp3) is 0.800. The van der Waals surface area contributed by atoms with Gasteiger partial charge in [0.2, 0.25) is 11.8 Å². The van der Waals surface area contributed by atoms with Crippen LogP contribution in [0.3, 0.4) is 0 Å². The Hall–Kier alpha value is -1.51. The van der Waals surface area contributed by atoms with Crippen molar-refractivity contribution in [3.63, 3.8) is 0 Å². The topological polar surface area (TPSA) is 103 Å². The number of carbonyl (C=O) groups excluding carboxylic acids is 3. The molecule has 0 rings (SSSR count). The van der Waals surface area contributed by atoms with E-state index >= 15 is 0 Å². The average Bonchev–Trinajstić information content (AvgIpc) is 2.45. The Kier molecular flexibility index (Phi) is 13.2. The monoisotopic (exact) mass is 332 g/mol. The molecule has 0 aliphatic heterocycles. The minimum atomic E-state index is -0.271. The molecule has 0 aromatic carbocycles. The smallest absolute Gasteiger partial charge is 0.246 e. The summed E-state index contributed by atoms with van der Waals surface area (Å²) < 4.78 is 15.4. The standard InChI is InChI=1S/C15H28N2O6/c1-12(2)23-9-8-22-11-15(20)16-5-4-14(19)17-6-7-21-10-13(3)18/h12H,4-11H2,1-3H3,(H,16,20)(H,17,19). The fourth-order valence-electron chi connectivity index (χ4n) is 1.44. The number of Topliss-reactive ketones (excluding diaryl/α,β-unsaturated/α-hetero) is 1. The van der Waals surface area contributed by atoms with Gasteiger partial charge < -0.3 is 24.8 Å². The van der Waals surface area contributed by atoms with Gasteiger partial charge in [-0.15, -0.1) is 0 Å². The van der Waals surface area contributed by atoms with Crippen LogP contribution in [0.25, 0.3) is 0 Å². The van der Waals surface area contributed by atoms with Crippen molar-refractivity contribution in [2.75, 3.05) is 46.1 Å². The van der Waals surface area contributed by atoms with Gasteiger partial charge in [-0.2, -0.15) is 0 Å². The third-order valence-corrected chi connectivity index (χ3v) is 2.46. The van der Waals surface area contributed by atoms with Gasteiger partial charge in [0.05, 0.1) is 25.9 Å². The highest BCUT2D eigenvalue weighted by molar-refractivity contribution is 5.79. The molecule has 0 fully saturated rings. The van der Waals surface area contributed by atoms with Crippen LogP contribution in [0.4, 0.5) is 0 Å². The zero-order valence-electron chi connectivity index (χ0n) is 14.2. The summed E-state index contributed by atoms with van der Waals surface area (Å²) in [7, 11) is 0. The molecular formula is C15H28N2O6. The zero-order valence-corrected chi connectivity index (χ0v) is 14.2. The van der Waals surface area contributed by atoms with Crippen molar-refractivity contribution in [3.8, 4) is 0 Å². The first kappa shape index (κ1) is 21.5. The van der Waals surface area contributed by atoms with E-state index in [0.29, 0.717) is 19.8 Å². The maximum Gasteiger partial charge on any atom is 0.246 e. The Morgan fingerprint density at radius 1 is 0.870 bits per heavy atom. The molecule has 134 valence electrons. The summed E-state index contributed by atoms with van der Waals surface area (Å²) >= 11 is 0. The molecule has 0 radical (unpaired) electrons. The second kappa shape index (κ2) is 14.1. The molecule has 0 aliphatic rings. The van der Waals surface area contributed by atoms with Crippen molar-refractivity contribution in [1.29, 1.82) is 0 Å². The predicted molar refractivity (Wildman–Crippen MR) is 84.0 cm³/mol. The largest absolute Gasteiger partial charge is 0.376 e. The Morgan fingerprint density at radius 3 is 2.17 bits per heavy atom. The second-order valence-corrected chi connectivity index (χ2v) is 5.18. The number of ketones is 1. The molecule has 0 atom stereocenters. The molecular weight excluding hydrogens is 304 g/mol. The van der Waals surface area contributed by atoms with E-state index in [1.54, 1.807) is 0 Å². The third kappa shape index (κ3) is 16.7. The third-order valence-electron chi connectivity index (χ3n) is 2.46. The van der Waals surface area contributed by atoms with Gasteiger partial charge in [-0.25, -0.2) is 0 Å². The summed E-state index contributed by atoms with van der Waals surface area (Å²) in [6.45, 7) is 6.93. The molecule has 0 saturated heterocycles. The van der Waals surface area contributed by atoms with E-state index in [0.717, 1.165) is 0 Å². The maximum atomic E-state index is 11.5. The van der Waals surface area contributed by atoms with E-state index in [2.05, 4.69) is 10.6 Å². The highest BCUT2D eigenvalue weighted by Gasteiger charge is 2.04. The average molecular weight is 332 g/mol. The number of carbonyl (C=O) groups is 3. The van der Waals surface area contributed by atoms with Gasteiger partial charge in [-0.3, -0.25) is 14.4 Å². The highest BCUT2D eigenvalue weighted by atomic mass is 16.5. The van der Waals surface area contributed by atoms with E-state index in [1.807, 2.05) is 13.8 Å². The molecule has 0 aromatic heterocycles. The van der Waals surface area contributed by atoms with Crippen molar-refractivity contribution < 1.29 is 28.6 Å². The van der Waals surface area contributed by atoms with Crippen molar-refractivity contribution >= 4 is 17.6 Å². The van der Waals surface area contributed by atoms with Crippen LogP contribution in [0.5, 0.6) is 0 Å². The molecule has 0 aromatic rings. The van der Waals surface area contributed by atoms with Crippen LogP contribution >= 0.6 is 0 Å². The summed E-state index contributed by atoms with van der Waals surface area (Å²) in [4.78, 5) is 33.5. The molecule has 8 heteroatoms. The summed E-state index contributed by atoms with van der Waals surface area (Å²) in [5, 5.41) is 5.21. The van der Waals surface area contributed by atoms with Gasteiger partial charge in [0.15, 0.2) is 5.78 Å². The van der Waals surface area contributed by atoms with E-state index in [-0.39, 0.29) is 56.5 Å². The summed E-state index contributed by atoms with van der Waals surface area (Å²) in [6, 6.07) is 0. The molecule has 0 heterocycles. The van der Waals surface area contributed by atoms with Crippen molar-refractivity contribution in [2.24, 2.45) is 0 Å². The van der Waals surface area contributed by atoms with Crippen LogP contribution in [-0.2, 0) is 28.6 Å². The Balaban J connectivity index is 3.42.